The van der Waals surface area contributed by atoms with E-state index in [1.807, 2.05) is 0 Å². The molecule has 0 saturated carbocycles. The van der Waals surface area contributed by atoms with Crippen LogP contribution in [0.2, 0.25) is 0 Å². The Hall–Kier alpha value is -1.18. The first kappa shape index (κ1) is 15.9. The minimum Gasteiger partial charge on any atom is -0.351 e. The molecule has 0 atom stereocenters. The summed E-state index contributed by atoms with van der Waals surface area (Å²) < 4.78 is 0. The smallest absolute Gasteiger partial charge is 0.318 e. The summed E-state index contributed by atoms with van der Waals surface area (Å²) in [6, 6.07) is -0.789. The van der Waals surface area contributed by atoms with Crippen molar-refractivity contribution in [1.82, 2.24) is 15.1 Å². The molecule has 0 aliphatic carbocycles. The summed E-state index contributed by atoms with van der Waals surface area (Å²) in [6.45, 7) is 5.77. The molecule has 1 rings (SSSR count). The molecule has 0 spiro atoms. The highest BCUT2D eigenvalue weighted by atomic mass is 16.2. The average molecular weight is 271 g/mol. The van der Waals surface area contributed by atoms with Crippen molar-refractivity contribution in [1.29, 1.82) is 0 Å². The van der Waals surface area contributed by atoms with Crippen LogP contribution in [0.5, 0.6) is 0 Å². The van der Waals surface area contributed by atoms with Crippen LogP contribution in [0.3, 0.4) is 0 Å². The van der Waals surface area contributed by atoms with Gasteiger partial charge >= 0.3 is 6.03 Å². The second-order valence-corrected chi connectivity index (χ2v) is 4.88. The largest absolute Gasteiger partial charge is 0.351 e. The third-order valence-electron chi connectivity index (χ3n) is 3.24. The Labute approximate surface area is 114 Å². The number of nitrogens with zero attached hydrogens (tertiary/aromatic N) is 2. The number of imide groups is 1. The molecule has 0 aromatic heterocycles. The Morgan fingerprint density at radius 1 is 1.05 bits per heavy atom. The van der Waals surface area contributed by atoms with Gasteiger partial charge in [0.1, 0.15) is 0 Å². The Morgan fingerprint density at radius 3 is 2.42 bits per heavy atom. The molecule has 110 valence electrons. The Kier molecular flexibility index (Phi) is 7.39. The lowest BCUT2D eigenvalue weighted by Crippen LogP contribution is -2.43. The maximum Gasteiger partial charge on any atom is 0.318 e. The molecule has 1 heterocycles. The second-order valence-electron chi connectivity index (χ2n) is 4.88. The number of urea groups is 1. The van der Waals surface area contributed by atoms with E-state index in [1.54, 1.807) is 0 Å². The van der Waals surface area contributed by atoms with Gasteiger partial charge < -0.3 is 16.4 Å². The van der Waals surface area contributed by atoms with Crippen molar-refractivity contribution < 1.29 is 9.59 Å². The van der Waals surface area contributed by atoms with Crippen LogP contribution in [-0.2, 0) is 4.79 Å². The predicted octanol–water partition coefficient (Wildman–Crippen LogP) is -1.07. The van der Waals surface area contributed by atoms with Crippen molar-refractivity contribution >= 4 is 11.9 Å². The molecular weight excluding hydrogens is 246 g/mol. The van der Waals surface area contributed by atoms with Gasteiger partial charge in [0.2, 0.25) is 5.91 Å². The van der Waals surface area contributed by atoms with Gasteiger partial charge in [-0.25, -0.2) is 4.79 Å². The molecule has 0 radical (unpaired) electrons. The highest BCUT2D eigenvalue weighted by molar-refractivity contribution is 5.94. The SMILES string of the molecule is NCCCCN1CCCN(CC(=O)NC(N)=O)CC1. The van der Waals surface area contributed by atoms with Gasteiger partial charge in [0.05, 0.1) is 6.54 Å². The summed E-state index contributed by atoms with van der Waals surface area (Å²) in [5.74, 6) is -0.330. The van der Waals surface area contributed by atoms with Gasteiger partial charge in [-0.2, -0.15) is 0 Å². The van der Waals surface area contributed by atoms with Crippen molar-refractivity contribution in [2.45, 2.75) is 19.3 Å². The molecule has 1 aliphatic heterocycles. The van der Waals surface area contributed by atoms with Gasteiger partial charge in [-0.05, 0) is 45.4 Å². The van der Waals surface area contributed by atoms with Gasteiger partial charge in [0.15, 0.2) is 0 Å². The van der Waals surface area contributed by atoms with Gasteiger partial charge in [-0.1, -0.05) is 0 Å². The van der Waals surface area contributed by atoms with Crippen LogP contribution >= 0.6 is 0 Å². The fourth-order valence-electron chi connectivity index (χ4n) is 2.27. The first-order valence-electron chi connectivity index (χ1n) is 6.86. The van der Waals surface area contributed by atoms with Crippen molar-refractivity contribution in [2.24, 2.45) is 11.5 Å². The number of amides is 3. The van der Waals surface area contributed by atoms with E-state index in [0.717, 1.165) is 58.5 Å². The quantitative estimate of drug-likeness (QED) is 0.533. The van der Waals surface area contributed by atoms with E-state index in [9.17, 15) is 9.59 Å². The number of nitrogens with two attached hydrogens (primary N) is 2. The minimum absolute atomic E-state index is 0.236. The molecule has 19 heavy (non-hydrogen) atoms. The summed E-state index contributed by atoms with van der Waals surface area (Å²) in [4.78, 5) is 26.5. The first-order chi connectivity index (χ1) is 9.11. The molecular formula is C12H25N5O2. The topological polar surface area (TPSA) is 105 Å². The fraction of sp³-hybridized carbons (Fsp3) is 0.833. The molecule has 0 bridgehead atoms. The minimum atomic E-state index is -0.789. The highest BCUT2D eigenvalue weighted by Crippen LogP contribution is 2.04. The van der Waals surface area contributed by atoms with Crippen LogP contribution in [0.15, 0.2) is 0 Å². The van der Waals surface area contributed by atoms with Crippen LogP contribution in [0, 0.1) is 0 Å². The fourth-order valence-corrected chi connectivity index (χ4v) is 2.27. The Balaban J connectivity index is 2.25. The van der Waals surface area contributed by atoms with Crippen molar-refractivity contribution in [3.8, 4) is 0 Å². The lowest BCUT2D eigenvalue weighted by atomic mass is 10.3. The lowest BCUT2D eigenvalue weighted by Gasteiger charge is -2.21. The standard InChI is InChI=1S/C12H25N5O2/c13-4-1-2-5-16-6-3-7-17(9-8-16)10-11(18)15-12(14)19/h1-10,13H2,(H3,14,15,18,19). The molecule has 7 nitrogen and oxygen atoms in total. The van der Waals surface area contributed by atoms with Crippen LogP contribution in [0.1, 0.15) is 19.3 Å². The zero-order valence-electron chi connectivity index (χ0n) is 11.4. The third-order valence-corrected chi connectivity index (χ3v) is 3.24. The van der Waals surface area contributed by atoms with E-state index >= 15 is 0 Å². The number of primary amides is 1. The van der Waals surface area contributed by atoms with Crippen LogP contribution in [0.25, 0.3) is 0 Å². The molecule has 0 aromatic carbocycles. The monoisotopic (exact) mass is 271 g/mol. The molecule has 5 N–H and O–H groups in total. The van der Waals surface area contributed by atoms with E-state index in [0.29, 0.717) is 0 Å². The molecule has 3 amide bonds. The van der Waals surface area contributed by atoms with Crippen LogP contribution in [-0.4, -0.2) is 67.6 Å². The number of carbonyl (C=O) groups is 2. The maximum absolute atomic E-state index is 11.4. The Morgan fingerprint density at radius 2 is 1.74 bits per heavy atom. The van der Waals surface area contributed by atoms with Gasteiger partial charge in [0.25, 0.3) is 0 Å². The van der Waals surface area contributed by atoms with Gasteiger partial charge in [0, 0.05) is 13.1 Å². The van der Waals surface area contributed by atoms with Gasteiger partial charge in [-0.3, -0.25) is 15.0 Å². The number of unbranched alkanes of at least 4 members (excludes halogenated alkanes) is 1. The van der Waals surface area contributed by atoms with Crippen LogP contribution in [0.4, 0.5) is 4.79 Å². The third kappa shape index (κ3) is 7.09. The van der Waals surface area contributed by atoms with Crippen molar-refractivity contribution in [3.05, 3.63) is 0 Å². The lowest BCUT2D eigenvalue weighted by molar-refractivity contribution is -0.121. The van der Waals surface area contributed by atoms with E-state index in [2.05, 4.69) is 15.1 Å². The van der Waals surface area contributed by atoms with Crippen molar-refractivity contribution in [2.75, 3.05) is 45.8 Å². The molecule has 0 aromatic rings. The molecule has 7 heteroatoms. The molecule has 1 fully saturated rings. The maximum atomic E-state index is 11.4. The molecule has 1 aliphatic rings. The van der Waals surface area contributed by atoms with Crippen LogP contribution < -0.4 is 16.8 Å². The average Bonchev–Trinajstić information content (AvgIpc) is 2.54. The summed E-state index contributed by atoms with van der Waals surface area (Å²) in [5.41, 5.74) is 10.4. The zero-order valence-corrected chi connectivity index (χ0v) is 11.4. The number of hydrogen-bond acceptors (Lipinski definition) is 5. The number of carbonyl (C=O) groups excluding carboxylic acids is 2. The van der Waals surface area contributed by atoms with E-state index < -0.39 is 6.03 Å². The summed E-state index contributed by atoms with van der Waals surface area (Å²) in [7, 11) is 0. The molecule has 1 saturated heterocycles. The summed E-state index contributed by atoms with van der Waals surface area (Å²) in [6.07, 6.45) is 3.21. The number of rotatable bonds is 6. The normalized spacial score (nSPS) is 17.9. The van der Waals surface area contributed by atoms with E-state index in [-0.39, 0.29) is 12.5 Å². The van der Waals surface area contributed by atoms with Gasteiger partial charge in [-0.15, -0.1) is 0 Å². The molecule has 0 unspecified atom stereocenters. The van der Waals surface area contributed by atoms with Crippen molar-refractivity contribution in [3.63, 3.8) is 0 Å². The summed E-state index contributed by atoms with van der Waals surface area (Å²) in [5, 5.41) is 2.09. The predicted molar refractivity (Wildman–Crippen MR) is 73.5 cm³/mol. The van der Waals surface area contributed by atoms with E-state index in [1.165, 1.54) is 0 Å². The summed E-state index contributed by atoms with van der Waals surface area (Å²) >= 11 is 0. The Bertz CT molecular complexity index is 298. The first-order valence-corrected chi connectivity index (χ1v) is 6.86. The number of hydrogen-bond donors (Lipinski definition) is 3. The zero-order chi connectivity index (χ0) is 14.1. The second kappa shape index (κ2) is 8.84. The van der Waals surface area contributed by atoms with E-state index in [4.69, 9.17) is 11.5 Å². The highest BCUT2D eigenvalue weighted by Gasteiger charge is 2.17. The number of nitrogens with one attached hydrogen (secondary N) is 1.